The molecule has 1 saturated carbocycles. The molecule has 0 radical (unpaired) electrons. The third-order valence-electron chi connectivity index (χ3n) is 3.94. The Morgan fingerprint density at radius 2 is 1.67 bits per heavy atom. The molecule has 3 nitrogen and oxygen atoms in total. The molecular weight excluding hydrogens is 242 g/mol. The van der Waals surface area contributed by atoms with Crippen molar-refractivity contribution in [1.29, 1.82) is 0 Å². The zero-order valence-corrected chi connectivity index (χ0v) is 12.6. The van der Waals surface area contributed by atoms with Crippen molar-refractivity contribution in [3.05, 3.63) is 17.0 Å². The van der Waals surface area contributed by atoms with Gasteiger partial charge in [0.15, 0.2) is 5.16 Å². The Morgan fingerprint density at radius 1 is 1.06 bits per heavy atom. The average molecular weight is 265 g/mol. The Balaban J connectivity index is 2.13. The normalized spacial score (nSPS) is 24.2. The van der Waals surface area contributed by atoms with Gasteiger partial charge in [-0.1, -0.05) is 24.6 Å². The topological polar surface area (TPSA) is 37.8 Å². The average Bonchev–Trinajstić information content (AvgIpc) is 2.36. The SMILES string of the molecule is CNC1CCCCC1Sc1nc(C)c(C)c(C)n1. The van der Waals surface area contributed by atoms with Gasteiger partial charge < -0.3 is 5.32 Å². The van der Waals surface area contributed by atoms with Gasteiger partial charge in [-0.3, -0.25) is 0 Å². The van der Waals surface area contributed by atoms with Crippen LogP contribution in [-0.4, -0.2) is 28.3 Å². The monoisotopic (exact) mass is 265 g/mol. The van der Waals surface area contributed by atoms with Crippen LogP contribution in [0.2, 0.25) is 0 Å². The highest BCUT2D eigenvalue weighted by molar-refractivity contribution is 7.99. The third kappa shape index (κ3) is 3.04. The van der Waals surface area contributed by atoms with E-state index in [0.717, 1.165) is 16.5 Å². The van der Waals surface area contributed by atoms with Gasteiger partial charge in [0, 0.05) is 22.7 Å². The summed E-state index contributed by atoms with van der Waals surface area (Å²) in [5.74, 6) is 0. The van der Waals surface area contributed by atoms with Gasteiger partial charge in [-0.25, -0.2) is 9.97 Å². The highest BCUT2D eigenvalue weighted by Crippen LogP contribution is 2.32. The largest absolute Gasteiger partial charge is 0.316 e. The summed E-state index contributed by atoms with van der Waals surface area (Å²) in [5.41, 5.74) is 3.44. The number of hydrogen-bond acceptors (Lipinski definition) is 4. The van der Waals surface area contributed by atoms with Crippen LogP contribution in [-0.2, 0) is 0 Å². The van der Waals surface area contributed by atoms with Crippen molar-refractivity contribution < 1.29 is 0 Å². The van der Waals surface area contributed by atoms with E-state index in [2.05, 4.69) is 43.1 Å². The lowest BCUT2D eigenvalue weighted by Crippen LogP contribution is -2.38. The highest BCUT2D eigenvalue weighted by atomic mass is 32.2. The van der Waals surface area contributed by atoms with Crippen molar-refractivity contribution in [3.63, 3.8) is 0 Å². The molecule has 2 atom stereocenters. The first kappa shape index (κ1) is 13.8. The standard InChI is InChI=1S/C14H23N3S/c1-9-10(2)16-14(17-11(9)3)18-13-8-6-5-7-12(13)15-4/h12-13,15H,5-8H2,1-4H3. The lowest BCUT2D eigenvalue weighted by molar-refractivity contribution is 0.405. The number of rotatable bonds is 3. The highest BCUT2D eigenvalue weighted by Gasteiger charge is 2.25. The number of aryl methyl sites for hydroxylation is 2. The van der Waals surface area contributed by atoms with Crippen LogP contribution < -0.4 is 5.32 Å². The minimum Gasteiger partial charge on any atom is -0.316 e. The van der Waals surface area contributed by atoms with E-state index >= 15 is 0 Å². The molecule has 18 heavy (non-hydrogen) atoms. The van der Waals surface area contributed by atoms with Crippen molar-refractivity contribution in [3.8, 4) is 0 Å². The fourth-order valence-electron chi connectivity index (χ4n) is 2.50. The van der Waals surface area contributed by atoms with Crippen LogP contribution in [0, 0.1) is 20.8 Å². The smallest absolute Gasteiger partial charge is 0.188 e. The fourth-order valence-corrected chi connectivity index (χ4v) is 3.87. The molecule has 0 aliphatic heterocycles. The van der Waals surface area contributed by atoms with Gasteiger partial charge >= 0.3 is 0 Å². The third-order valence-corrected chi connectivity index (χ3v) is 5.20. The molecular formula is C14H23N3S. The van der Waals surface area contributed by atoms with Crippen LogP contribution in [0.25, 0.3) is 0 Å². The molecule has 0 bridgehead atoms. The quantitative estimate of drug-likeness (QED) is 0.853. The second kappa shape index (κ2) is 6.02. The molecule has 0 spiro atoms. The van der Waals surface area contributed by atoms with Gasteiger partial charge in [-0.2, -0.15) is 0 Å². The molecule has 1 aliphatic rings. The predicted octanol–water partition coefficient (Wildman–Crippen LogP) is 3.02. The van der Waals surface area contributed by atoms with Crippen molar-refractivity contribution in [2.45, 2.75) is 62.9 Å². The lowest BCUT2D eigenvalue weighted by atomic mass is 9.95. The van der Waals surface area contributed by atoms with Crippen molar-refractivity contribution in [1.82, 2.24) is 15.3 Å². The number of nitrogens with zero attached hydrogens (tertiary/aromatic N) is 2. The number of nitrogens with one attached hydrogen (secondary N) is 1. The van der Waals surface area contributed by atoms with Crippen molar-refractivity contribution in [2.24, 2.45) is 0 Å². The molecule has 1 heterocycles. The van der Waals surface area contributed by atoms with Crippen LogP contribution in [0.1, 0.15) is 42.6 Å². The lowest BCUT2D eigenvalue weighted by Gasteiger charge is -2.30. The molecule has 100 valence electrons. The summed E-state index contributed by atoms with van der Waals surface area (Å²) in [4.78, 5) is 9.24. The molecule has 0 saturated heterocycles. The summed E-state index contributed by atoms with van der Waals surface area (Å²) >= 11 is 1.85. The number of aromatic nitrogens is 2. The zero-order chi connectivity index (χ0) is 13.1. The van der Waals surface area contributed by atoms with Crippen molar-refractivity contribution >= 4 is 11.8 Å². The van der Waals surface area contributed by atoms with Gasteiger partial charge in [0.05, 0.1) is 0 Å². The van der Waals surface area contributed by atoms with E-state index in [4.69, 9.17) is 0 Å². The van der Waals surface area contributed by atoms with Gasteiger partial charge in [0.25, 0.3) is 0 Å². The summed E-state index contributed by atoms with van der Waals surface area (Å²) in [7, 11) is 2.07. The maximum absolute atomic E-state index is 4.62. The first-order valence-electron chi connectivity index (χ1n) is 6.77. The first-order chi connectivity index (χ1) is 8.61. The van der Waals surface area contributed by atoms with E-state index in [1.54, 1.807) is 0 Å². The van der Waals surface area contributed by atoms with Crippen molar-refractivity contribution in [2.75, 3.05) is 7.05 Å². The van der Waals surface area contributed by atoms with Gasteiger partial charge in [-0.15, -0.1) is 0 Å². The van der Waals surface area contributed by atoms with Crippen LogP contribution >= 0.6 is 11.8 Å². The second-order valence-electron chi connectivity index (χ2n) is 5.14. The first-order valence-corrected chi connectivity index (χ1v) is 7.65. The van der Waals surface area contributed by atoms with Crippen LogP contribution in [0.15, 0.2) is 5.16 Å². The molecule has 1 aliphatic carbocycles. The minimum absolute atomic E-state index is 0.606. The Hall–Kier alpha value is -0.610. The summed E-state index contributed by atoms with van der Waals surface area (Å²) < 4.78 is 0. The minimum atomic E-state index is 0.606. The van der Waals surface area contributed by atoms with Gasteiger partial charge in [0.1, 0.15) is 0 Å². The predicted molar refractivity (Wildman–Crippen MR) is 77.2 cm³/mol. The van der Waals surface area contributed by atoms with E-state index in [0.29, 0.717) is 11.3 Å². The van der Waals surface area contributed by atoms with E-state index in [9.17, 15) is 0 Å². The molecule has 2 unspecified atom stereocenters. The molecule has 1 N–H and O–H groups in total. The molecule has 2 rings (SSSR count). The fraction of sp³-hybridized carbons (Fsp3) is 0.714. The summed E-state index contributed by atoms with van der Waals surface area (Å²) in [5, 5.41) is 5.00. The molecule has 0 aromatic carbocycles. The van der Waals surface area contributed by atoms with Crippen LogP contribution in [0.5, 0.6) is 0 Å². The molecule has 1 fully saturated rings. The Morgan fingerprint density at radius 3 is 2.28 bits per heavy atom. The molecule has 1 aromatic rings. The Kier molecular flexibility index (Phi) is 4.62. The molecule has 1 aromatic heterocycles. The van der Waals surface area contributed by atoms with E-state index in [1.807, 2.05) is 11.8 Å². The molecule has 0 amide bonds. The second-order valence-corrected chi connectivity index (χ2v) is 6.34. The van der Waals surface area contributed by atoms with Gasteiger partial charge in [0.2, 0.25) is 0 Å². The van der Waals surface area contributed by atoms with Gasteiger partial charge in [-0.05, 0) is 46.2 Å². The Bertz CT molecular complexity index is 396. The van der Waals surface area contributed by atoms with E-state index in [1.165, 1.54) is 31.2 Å². The summed E-state index contributed by atoms with van der Waals surface area (Å²) in [6.07, 6.45) is 5.22. The summed E-state index contributed by atoms with van der Waals surface area (Å²) in [6, 6.07) is 0.606. The maximum Gasteiger partial charge on any atom is 0.188 e. The molecule has 4 heteroatoms. The number of hydrogen-bond donors (Lipinski definition) is 1. The Labute approximate surface area is 114 Å². The van der Waals surface area contributed by atoms with Crippen LogP contribution in [0.4, 0.5) is 0 Å². The maximum atomic E-state index is 4.62. The van der Waals surface area contributed by atoms with E-state index < -0.39 is 0 Å². The van der Waals surface area contributed by atoms with E-state index in [-0.39, 0.29) is 0 Å². The summed E-state index contributed by atoms with van der Waals surface area (Å²) in [6.45, 7) is 6.24. The zero-order valence-electron chi connectivity index (χ0n) is 11.8. The number of thioether (sulfide) groups is 1. The van der Waals surface area contributed by atoms with Crippen LogP contribution in [0.3, 0.4) is 0 Å².